The number of nitrogens with one attached hydrogen (secondary N) is 1. The SMILES string of the molecule is CN1CCC(C)(Cn2cc[nH]c2=S)CC1. The van der Waals surface area contributed by atoms with Gasteiger partial charge >= 0.3 is 0 Å². The number of H-pyrrole nitrogens is 1. The molecule has 3 nitrogen and oxygen atoms in total. The number of imidazole rings is 1. The molecule has 1 saturated heterocycles. The molecular weight excluding hydrogens is 206 g/mol. The molecule has 1 N–H and O–H groups in total. The van der Waals surface area contributed by atoms with Gasteiger partial charge in [0.25, 0.3) is 0 Å². The van der Waals surface area contributed by atoms with Crippen LogP contribution in [0.15, 0.2) is 12.4 Å². The molecule has 2 heterocycles. The van der Waals surface area contributed by atoms with Crippen molar-refractivity contribution in [3.63, 3.8) is 0 Å². The zero-order valence-corrected chi connectivity index (χ0v) is 10.3. The van der Waals surface area contributed by atoms with Crippen molar-refractivity contribution in [3.05, 3.63) is 17.2 Å². The second kappa shape index (κ2) is 4.10. The Labute approximate surface area is 96.1 Å². The van der Waals surface area contributed by atoms with Gasteiger partial charge in [0, 0.05) is 18.9 Å². The van der Waals surface area contributed by atoms with Crippen molar-refractivity contribution in [2.75, 3.05) is 20.1 Å². The molecule has 1 aliphatic rings. The quantitative estimate of drug-likeness (QED) is 0.781. The van der Waals surface area contributed by atoms with E-state index in [9.17, 15) is 0 Å². The van der Waals surface area contributed by atoms with E-state index in [0.29, 0.717) is 5.41 Å². The van der Waals surface area contributed by atoms with Gasteiger partial charge in [-0.3, -0.25) is 0 Å². The van der Waals surface area contributed by atoms with E-state index in [1.807, 2.05) is 12.4 Å². The largest absolute Gasteiger partial charge is 0.337 e. The molecule has 1 aromatic heterocycles. The molecule has 0 unspecified atom stereocenters. The summed E-state index contributed by atoms with van der Waals surface area (Å²) in [6.45, 7) is 5.82. The Morgan fingerprint density at radius 1 is 1.47 bits per heavy atom. The highest BCUT2D eigenvalue weighted by molar-refractivity contribution is 7.71. The van der Waals surface area contributed by atoms with Crippen LogP contribution in [0.5, 0.6) is 0 Å². The molecule has 1 aliphatic heterocycles. The fourth-order valence-corrected chi connectivity index (χ4v) is 2.39. The van der Waals surface area contributed by atoms with E-state index in [1.54, 1.807) is 0 Å². The van der Waals surface area contributed by atoms with Gasteiger partial charge in [0.2, 0.25) is 0 Å². The molecule has 84 valence electrons. The molecule has 1 aromatic rings. The van der Waals surface area contributed by atoms with Crippen molar-refractivity contribution in [2.24, 2.45) is 5.41 Å². The van der Waals surface area contributed by atoms with Gasteiger partial charge in [-0.1, -0.05) is 6.92 Å². The van der Waals surface area contributed by atoms with Gasteiger partial charge in [-0.25, -0.2) is 0 Å². The van der Waals surface area contributed by atoms with Gasteiger partial charge in [0.15, 0.2) is 4.77 Å². The maximum Gasteiger partial charge on any atom is 0.177 e. The fraction of sp³-hybridized carbons (Fsp3) is 0.727. The summed E-state index contributed by atoms with van der Waals surface area (Å²) >= 11 is 5.22. The van der Waals surface area contributed by atoms with E-state index in [-0.39, 0.29) is 0 Å². The minimum absolute atomic E-state index is 0.410. The number of aromatic amines is 1. The molecule has 0 aromatic carbocycles. The average Bonchev–Trinajstić information content (AvgIpc) is 2.58. The van der Waals surface area contributed by atoms with Crippen molar-refractivity contribution < 1.29 is 0 Å². The molecular formula is C11H19N3S. The first-order valence-electron chi connectivity index (χ1n) is 5.51. The van der Waals surface area contributed by atoms with Gasteiger partial charge in [0.1, 0.15) is 0 Å². The van der Waals surface area contributed by atoms with Crippen molar-refractivity contribution >= 4 is 12.2 Å². The molecule has 2 rings (SSSR count). The topological polar surface area (TPSA) is 24.0 Å². The standard InChI is InChI=1S/C11H19N3S/c1-11(3-6-13(2)7-4-11)9-14-8-5-12-10(14)15/h5,8H,3-4,6-7,9H2,1-2H3,(H,12,15). The van der Waals surface area contributed by atoms with Gasteiger partial charge in [-0.05, 0) is 50.6 Å². The van der Waals surface area contributed by atoms with Crippen LogP contribution in [0.3, 0.4) is 0 Å². The number of piperidine rings is 1. The Morgan fingerprint density at radius 2 is 2.13 bits per heavy atom. The van der Waals surface area contributed by atoms with Crippen LogP contribution >= 0.6 is 12.2 Å². The molecule has 0 amide bonds. The molecule has 1 fully saturated rings. The van der Waals surface area contributed by atoms with Gasteiger partial charge in [-0.2, -0.15) is 0 Å². The lowest BCUT2D eigenvalue weighted by Crippen LogP contribution is -2.38. The molecule has 0 radical (unpaired) electrons. The van der Waals surface area contributed by atoms with Crippen LogP contribution in [0, 0.1) is 10.2 Å². The normalized spacial score (nSPS) is 21.7. The molecule has 15 heavy (non-hydrogen) atoms. The third-order valence-electron chi connectivity index (χ3n) is 3.47. The maximum absolute atomic E-state index is 5.22. The van der Waals surface area contributed by atoms with Gasteiger partial charge in [-0.15, -0.1) is 0 Å². The number of likely N-dealkylation sites (tertiary alicyclic amines) is 1. The average molecular weight is 225 g/mol. The van der Waals surface area contributed by atoms with Gasteiger partial charge < -0.3 is 14.5 Å². The zero-order chi connectivity index (χ0) is 10.9. The van der Waals surface area contributed by atoms with Crippen molar-refractivity contribution in [1.82, 2.24) is 14.5 Å². The van der Waals surface area contributed by atoms with Crippen LogP contribution in [-0.2, 0) is 6.54 Å². The minimum Gasteiger partial charge on any atom is -0.337 e. The second-order valence-electron chi connectivity index (χ2n) is 5.01. The van der Waals surface area contributed by atoms with Gasteiger partial charge in [0.05, 0.1) is 0 Å². The first kappa shape index (κ1) is 10.9. The number of aromatic nitrogens is 2. The van der Waals surface area contributed by atoms with Crippen LogP contribution in [-0.4, -0.2) is 34.6 Å². The van der Waals surface area contributed by atoms with E-state index >= 15 is 0 Å². The Balaban J connectivity index is 2.05. The Kier molecular flexibility index (Phi) is 2.98. The fourth-order valence-electron chi connectivity index (χ4n) is 2.20. The number of nitrogens with zero attached hydrogens (tertiary/aromatic N) is 2. The predicted octanol–water partition coefficient (Wildman–Crippen LogP) is 2.28. The first-order chi connectivity index (χ1) is 7.09. The van der Waals surface area contributed by atoms with Crippen LogP contribution in [0.2, 0.25) is 0 Å². The smallest absolute Gasteiger partial charge is 0.177 e. The number of hydrogen-bond donors (Lipinski definition) is 1. The lowest BCUT2D eigenvalue weighted by Gasteiger charge is -2.38. The van der Waals surface area contributed by atoms with Crippen LogP contribution < -0.4 is 0 Å². The Morgan fingerprint density at radius 3 is 2.67 bits per heavy atom. The molecule has 0 atom stereocenters. The van der Waals surface area contributed by atoms with Crippen LogP contribution in [0.25, 0.3) is 0 Å². The molecule has 0 spiro atoms. The van der Waals surface area contributed by atoms with Crippen molar-refractivity contribution in [2.45, 2.75) is 26.3 Å². The second-order valence-corrected chi connectivity index (χ2v) is 5.39. The Hall–Kier alpha value is -0.610. The lowest BCUT2D eigenvalue weighted by atomic mass is 9.80. The molecule has 0 bridgehead atoms. The Bertz CT molecular complexity index is 371. The van der Waals surface area contributed by atoms with E-state index in [0.717, 1.165) is 11.3 Å². The molecule has 0 aliphatic carbocycles. The third kappa shape index (κ3) is 2.49. The highest BCUT2D eigenvalue weighted by atomic mass is 32.1. The van der Waals surface area contributed by atoms with Crippen LogP contribution in [0.4, 0.5) is 0 Å². The van der Waals surface area contributed by atoms with E-state index in [4.69, 9.17) is 12.2 Å². The highest BCUT2D eigenvalue weighted by Gasteiger charge is 2.29. The molecule has 4 heteroatoms. The monoisotopic (exact) mass is 225 g/mol. The zero-order valence-electron chi connectivity index (χ0n) is 9.49. The summed E-state index contributed by atoms with van der Waals surface area (Å²) in [6.07, 6.45) is 6.49. The number of rotatable bonds is 2. The highest BCUT2D eigenvalue weighted by Crippen LogP contribution is 2.32. The third-order valence-corrected chi connectivity index (χ3v) is 3.82. The summed E-state index contributed by atoms with van der Waals surface area (Å²) in [5, 5.41) is 0. The summed E-state index contributed by atoms with van der Waals surface area (Å²) in [4.78, 5) is 5.45. The predicted molar refractivity (Wildman–Crippen MR) is 64.5 cm³/mol. The van der Waals surface area contributed by atoms with E-state index in [2.05, 4.69) is 28.4 Å². The summed E-state index contributed by atoms with van der Waals surface area (Å²) < 4.78 is 3.00. The van der Waals surface area contributed by atoms with Crippen LogP contribution in [0.1, 0.15) is 19.8 Å². The van der Waals surface area contributed by atoms with Crippen molar-refractivity contribution in [3.8, 4) is 0 Å². The maximum atomic E-state index is 5.22. The summed E-state index contributed by atoms with van der Waals surface area (Å²) in [7, 11) is 2.20. The number of hydrogen-bond acceptors (Lipinski definition) is 2. The summed E-state index contributed by atoms with van der Waals surface area (Å²) in [5.41, 5.74) is 0.410. The van der Waals surface area contributed by atoms with E-state index in [1.165, 1.54) is 25.9 Å². The van der Waals surface area contributed by atoms with E-state index < -0.39 is 0 Å². The minimum atomic E-state index is 0.410. The lowest BCUT2D eigenvalue weighted by molar-refractivity contribution is 0.120. The summed E-state index contributed by atoms with van der Waals surface area (Å²) in [5.74, 6) is 0. The molecule has 0 saturated carbocycles. The summed E-state index contributed by atoms with van der Waals surface area (Å²) in [6, 6.07) is 0. The first-order valence-corrected chi connectivity index (χ1v) is 5.92. The van der Waals surface area contributed by atoms with Crippen molar-refractivity contribution in [1.29, 1.82) is 0 Å².